The maximum absolute atomic E-state index is 11.0. The molecule has 0 aromatic heterocycles. The monoisotopic (exact) mass is 142 g/mol. The lowest BCUT2D eigenvalue weighted by atomic mass is 10.4. The summed E-state index contributed by atoms with van der Waals surface area (Å²) in [6.07, 6.45) is 0.676. The van der Waals surface area contributed by atoms with Crippen molar-refractivity contribution in [3.63, 3.8) is 0 Å². The fourth-order valence-corrected chi connectivity index (χ4v) is 0.981. The van der Waals surface area contributed by atoms with Crippen molar-refractivity contribution in [3.05, 3.63) is 12.7 Å². The normalized spacial score (nSPS) is 24.1. The fraction of sp³-hybridized carbons (Fsp3) is 0.714. The highest BCUT2D eigenvalue weighted by atomic mass is 16.5. The summed E-state index contributed by atoms with van der Waals surface area (Å²) in [6.45, 7) is 6.26. The van der Waals surface area contributed by atoms with E-state index >= 15 is 0 Å². The Morgan fingerprint density at radius 1 is 1.50 bits per heavy atom. The number of rotatable bonds is 2. The van der Waals surface area contributed by atoms with Crippen molar-refractivity contribution in [1.29, 1.82) is 0 Å². The molecule has 0 saturated carbocycles. The first-order chi connectivity index (χ1) is 4.84. The van der Waals surface area contributed by atoms with E-state index in [-0.39, 0.29) is 0 Å². The summed E-state index contributed by atoms with van der Waals surface area (Å²) < 4.78 is 5.08. The molecule has 1 radical (unpaired) electrons. The van der Waals surface area contributed by atoms with Gasteiger partial charge in [-0.15, -0.1) is 0 Å². The lowest BCUT2D eigenvalue weighted by Crippen LogP contribution is -2.41. The van der Waals surface area contributed by atoms with Gasteiger partial charge in [-0.05, 0) is 6.08 Å². The van der Waals surface area contributed by atoms with Gasteiger partial charge in [0.15, 0.2) is 6.23 Å². The van der Waals surface area contributed by atoms with Gasteiger partial charge < -0.3 is 4.74 Å². The zero-order chi connectivity index (χ0) is 7.40. The fourth-order valence-electron chi connectivity index (χ4n) is 0.981. The van der Waals surface area contributed by atoms with Crippen molar-refractivity contribution in [2.45, 2.75) is 6.23 Å². The SMILES string of the molecule is C=CC([O])N1CCOCC1. The van der Waals surface area contributed by atoms with Crippen molar-refractivity contribution < 1.29 is 9.84 Å². The van der Waals surface area contributed by atoms with Crippen LogP contribution in [0.2, 0.25) is 0 Å². The van der Waals surface area contributed by atoms with Crippen molar-refractivity contribution in [2.24, 2.45) is 0 Å². The highest BCUT2D eigenvalue weighted by Gasteiger charge is 2.16. The second kappa shape index (κ2) is 3.71. The molecule has 0 spiro atoms. The van der Waals surface area contributed by atoms with E-state index in [9.17, 15) is 5.11 Å². The maximum atomic E-state index is 11.0. The van der Waals surface area contributed by atoms with E-state index in [1.54, 1.807) is 0 Å². The summed E-state index contributed by atoms with van der Waals surface area (Å²) in [5.41, 5.74) is 0. The molecule has 1 aliphatic rings. The van der Waals surface area contributed by atoms with Crippen LogP contribution in [0.1, 0.15) is 0 Å². The molecule has 1 aliphatic heterocycles. The molecule has 0 N–H and O–H groups in total. The molecule has 1 rings (SSSR count). The molecule has 0 aromatic rings. The number of hydrogen-bond donors (Lipinski definition) is 0. The predicted molar refractivity (Wildman–Crippen MR) is 37.1 cm³/mol. The first kappa shape index (κ1) is 7.72. The van der Waals surface area contributed by atoms with Gasteiger partial charge in [-0.3, -0.25) is 4.90 Å². The van der Waals surface area contributed by atoms with Crippen molar-refractivity contribution >= 4 is 0 Å². The molecule has 0 aliphatic carbocycles. The van der Waals surface area contributed by atoms with Crippen LogP contribution in [0.4, 0.5) is 0 Å². The Balaban J connectivity index is 2.30. The summed E-state index contributed by atoms with van der Waals surface area (Å²) in [5, 5.41) is 11.0. The summed E-state index contributed by atoms with van der Waals surface area (Å²) in [4.78, 5) is 1.82. The number of hydrogen-bond acceptors (Lipinski definition) is 2. The van der Waals surface area contributed by atoms with Crippen LogP contribution in [0.3, 0.4) is 0 Å². The van der Waals surface area contributed by atoms with Gasteiger partial charge in [-0.1, -0.05) is 6.58 Å². The Labute approximate surface area is 60.9 Å². The first-order valence-corrected chi connectivity index (χ1v) is 3.45. The zero-order valence-corrected chi connectivity index (χ0v) is 5.95. The Bertz CT molecular complexity index is 110. The van der Waals surface area contributed by atoms with Gasteiger partial charge >= 0.3 is 0 Å². The van der Waals surface area contributed by atoms with Gasteiger partial charge in [0.25, 0.3) is 0 Å². The van der Waals surface area contributed by atoms with Crippen LogP contribution in [-0.2, 0) is 9.84 Å². The predicted octanol–water partition coefficient (Wildman–Crippen LogP) is 0.261. The van der Waals surface area contributed by atoms with Crippen molar-refractivity contribution in [3.8, 4) is 0 Å². The standard InChI is InChI=1S/C7H12NO2/c1-2-7(9)8-3-5-10-6-4-8/h2,7H,1,3-6H2. The second-order valence-corrected chi connectivity index (χ2v) is 2.27. The summed E-state index contributed by atoms with van der Waals surface area (Å²) in [5.74, 6) is 0. The smallest absolute Gasteiger partial charge is 0.164 e. The third-order valence-electron chi connectivity index (χ3n) is 1.61. The number of ether oxygens (including phenoxy) is 1. The average molecular weight is 142 g/mol. The molecule has 0 bridgehead atoms. The van der Waals surface area contributed by atoms with E-state index in [4.69, 9.17) is 4.74 Å². The lowest BCUT2D eigenvalue weighted by molar-refractivity contribution is -0.0651. The summed E-state index contributed by atoms with van der Waals surface area (Å²) >= 11 is 0. The van der Waals surface area contributed by atoms with Crippen LogP contribution in [0.15, 0.2) is 12.7 Å². The molecule has 0 aromatic carbocycles. The van der Waals surface area contributed by atoms with Crippen LogP contribution in [0.25, 0.3) is 0 Å². The minimum atomic E-state index is -0.746. The largest absolute Gasteiger partial charge is 0.379 e. The molecule has 57 valence electrons. The molecule has 1 saturated heterocycles. The molecule has 3 heteroatoms. The Kier molecular flexibility index (Phi) is 2.86. The van der Waals surface area contributed by atoms with Crippen molar-refractivity contribution in [1.82, 2.24) is 4.90 Å². The topological polar surface area (TPSA) is 32.4 Å². The first-order valence-electron chi connectivity index (χ1n) is 3.45. The van der Waals surface area contributed by atoms with Crippen LogP contribution in [0, 0.1) is 0 Å². The highest BCUT2D eigenvalue weighted by Crippen LogP contribution is 2.01. The Hall–Kier alpha value is -0.380. The molecule has 1 atom stereocenters. The molecular weight excluding hydrogens is 130 g/mol. The summed E-state index contributed by atoms with van der Waals surface area (Å²) in [6, 6.07) is 0. The average Bonchev–Trinajstić information content (AvgIpc) is 2.05. The van der Waals surface area contributed by atoms with E-state index in [0.717, 1.165) is 13.1 Å². The van der Waals surface area contributed by atoms with E-state index in [1.807, 2.05) is 4.90 Å². The Morgan fingerprint density at radius 3 is 2.60 bits per heavy atom. The minimum Gasteiger partial charge on any atom is -0.379 e. The second-order valence-electron chi connectivity index (χ2n) is 2.27. The number of morpholine rings is 1. The molecular formula is C7H12NO2. The zero-order valence-electron chi connectivity index (χ0n) is 5.95. The van der Waals surface area contributed by atoms with Gasteiger partial charge in [0.1, 0.15) is 0 Å². The van der Waals surface area contributed by atoms with Gasteiger partial charge in [0, 0.05) is 13.1 Å². The van der Waals surface area contributed by atoms with Crippen LogP contribution >= 0.6 is 0 Å². The van der Waals surface area contributed by atoms with Crippen LogP contribution in [-0.4, -0.2) is 37.4 Å². The van der Waals surface area contributed by atoms with Crippen LogP contribution in [0.5, 0.6) is 0 Å². The van der Waals surface area contributed by atoms with E-state index in [2.05, 4.69) is 6.58 Å². The number of nitrogens with zero attached hydrogens (tertiary/aromatic N) is 1. The molecule has 1 unspecified atom stereocenters. The molecule has 0 amide bonds. The lowest BCUT2D eigenvalue weighted by Gasteiger charge is -2.27. The van der Waals surface area contributed by atoms with E-state index in [1.165, 1.54) is 6.08 Å². The van der Waals surface area contributed by atoms with E-state index < -0.39 is 6.23 Å². The summed E-state index contributed by atoms with van der Waals surface area (Å²) in [7, 11) is 0. The molecule has 10 heavy (non-hydrogen) atoms. The quantitative estimate of drug-likeness (QED) is 0.518. The molecule has 3 nitrogen and oxygen atoms in total. The van der Waals surface area contributed by atoms with Gasteiger partial charge in [0.05, 0.1) is 13.2 Å². The van der Waals surface area contributed by atoms with Gasteiger partial charge in [-0.2, -0.15) is 0 Å². The maximum Gasteiger partial charge on any atom is 0.164 e. The van der Waals surface area contributed by atoms with Gasteiger partial charge in [0.2, 0.25) is 0 Å². The third kappa shape index (κ3) is 1.80. The third-order valence-corrected chi connectivity index (χ3v) is 1.61. The molecule has 1 heterocycles. The van der Waals surface area contributed by atoms with Gasteiger partial charge in [-0.25, -0.2) is 5.11 Å². The highest BCUT2D eigenvalue weighted by molar-refractivity contribution is 4.79. The van der Waals surface area contributed by atoms with E-state index in [0.29, 0.717) is 13.2 Å². The minimum absolute atomic E-state index is 0.673. The Morgan fingerprint density at radius 2 is 2.10 bits per heavy atom. The van der Waals surface area contributed by atoms with Crippen LogP contribution < -0.4 is 0 Å². The molecule has 1 fully saturated rings. The van der Waals surface area contributed by atoms with Crippen molar-refractivity contribution in [2.75, 3.05) is 26.3 Å².